The van der Waals surface area contributed by atoms with Gasteiger partial charge in [-0.25, -0.2) is 0 Å². The third-order valence-corrected chi connectivity index (χ3v) is 3.04. The summed E-state index contributed by atoms with van der Waals surface area (Å²) in [5, 5.41) is 5.98. The van der Waals surface area contributed by atoms with Crippen LogP contribution >= 0.6 is 0 Å². The lowest BCUT2D eigenvalue weighted by molar-refractivity contribution is -0.128. The summed E-state index contributed by atoms with van der Waals surface area (Å²) in [5.74, 6) is -0.353. The van der Waals surface area contributed by atoms with Gasteiger partial charge in [-0.15, -0.1) is 0 Å². The monoisotopic (exact) mass is 227 g/mol. The molecule has 0 saturated carbocycles. The van der Waals surface area contributed by atoms with E-state index in [0.717, 1.165) is 25.9 Å². The number of hydrogen-bond donors (Lipinski definition) is 3. The van der Waals surface area contributed by atoms with Gasteiger partial charge in [0.2, 0.25) is 11.8 Å². The molecule has 1 unspecified atom stereocenters. The molecule has 1 atom stereocenters. The number of piperidine rings is 1. The first-order valence-corrected chi connectivity index (χ1v) is 5.72. The molecule has 1 fully saturated rings. The largest absolute Gasteiger partial charge is 0.369 e. The van der Waals surface area contributed by atoms with Crippen LogP contribution in [0.3, 0.4) is 0 Å². The highest BCUT2D eigenvalue weighted by atomic mass is 16.2. The standard InChI is InChI=1S/C11H21N3O2/c1-11(2,10(12)16)7-14-9(15)8-4-3-5-13-6-8/h8,13H,3-7H2,1-2H3,(H2,12,16)(H,14,15). The number of amides is 2. The summed E-state index contributed by atoms with van der Waals surface area (Å²) in [5.41, 5.74) is 4.55. The number of carbonyl (C=O) groups is 2. The zero-order valence-corrected chi connectivity index (χ0v) is 10.0. The number of nitrogens with two attached hydrogens (primary N) is 1. The SMILES string of the molecule is CC(C)(CNC(=O)C1CCCNC1)C(N)=O. The zero-order chi connectivity index (χ0) is 12.2. The predicted octanol–water partition coefficient (Wildman–Crippen LogP) is -0.386. The summed E-state index contributed by atoms with van der Waals surface area (Å²) in [4.78, 5) is 22.8. The van der Waals surface area contributed by atoms with Crippen molar-refractivity contribution < 1.29 is 9.59 Å². The molecule has 0 spiro atoms. The van der Waals surface area contributed by atoms with Gasteiger partial charge >= 0.3 is 0 Å². The van der Waals surface area contributed by atoms with E-state index in [0.29, 0.717) is 6.54 Å². The van der Waals surface area contributed by atoms with E-state index < -0.39 is 11.3 Å². The number of rotatable bonds is 4. The molecule has 2 amide bonds. The Hall–Kier alpha value is -1.10. The molecule has 0 radical (unpaired) electrons. The van der Waals surface area contributed by atoms with Crippen molar-refractivity contribution in [2.75, 3.05) is 19.6 Å². The summed E-state index contributed by atoms with van der Waals surface area (Å²) in [7, 11) is 0. The first-order chi connectivity index (χ1) is 7.43. The van der Waals surface area contributed by atoms with Crippen LogP contribution in [-0.2, 0) is 9.59 Å². The Labute approximate surface area is 96.1 Å². The fourth-order valence-corrected chi connectivity index (χ4v) is 1.62. The van der Waals surface area contributed by atoms with Crippen molar-refractivity contribution in [1.82, 2.24) is 10.6 Å². The Morgan fingerprint density at radius 1 is 1.50 bits per heavy atom. The molecule has 92 valence electrons. The van der Waals surface area contributed by atoms with E-state index in [9.17, 15) is 9.59 Å². The highest BCUT2D eigenvalue weighted by Gasteiger charge is 2.27. The van der Waals surface area contributed by atoms with Gasteiger partial charge in [-0.3, -0.25) is 9.59 Å². The van der Waals surface area contributed by atoms with Gasteiger partial charge in [0.15, 0.2) is 0 Å². The maximum atomic E-state index is 11.8. The van der Waals surface area contributed by atoms with Gasteiger partial charge in [-0.2, -0.15) is 0 Å². The van der Waals surface area contributed by atoms with E-state index in [1.54, 1.807) is 13.8 Å². The molecule has 1 saturated heterocycles. The van der Waals surface area contributed by atoms with Crippen molar-refractivity contribution in [3.63, 3.8) is 0 Å². The molecule has 1 aliphatic heterocycles. The molecule has 0 aromatic heterocycles. The maximum Gasteiger partial charge on any atom is 0.224 e. The molecule has 5 heteroatoms. The number of carbonyl (C=O) groups excluding carboxylic acids is 2. The third kappa shape index (κ3) is 3.48. The Balaban J connectivity index is 2.37. The van der Waals surface area contributed by atoms with Gasteiger partial charge in [0.1, 0.15) is 0 Å². The molecule has 16 heavy (non-hydrogen) atoms. The van der Waals surface area contributed by atoms with E-state index in [-0.39, 0.29) is 11.8 Å². The van der Waals surface area contributed by atoms with Crippen LogP contribution in [0.4, 0.5) is 0 Å². The fraction of sp³-hybridized carbons (Fsp3) is 0.818. The maximum absolute atomic E-state index is 11.8. The molecular formula is C11H21N3O2. The third-order valence-electron chi connectivity index (χ3n) is 3.04. The second kappa shape index (κ2) is 5.30. The normalized spacial score (nSPS) is 21.5. The van der Waals surface area contributed by atoms with Crippen molar-refractivity contribution in [1.29, 1.82) is 0 Å². The van der Waals surface area contributed by atoms with Crippen LogP contribution in [0.15, 0.2) is 0 Å². The van der Waals surface area contributed by atoms with E-state index >= 15 is 0 Å². The minimum atomic E-state index is -0.683. The lowest BCUT2D eigenvalue weighted by atomic mass is 9.92. The predicted molar refractivity (Wildman–Crippen MR) is 61.6 cm³/mol. The lowest BCUT2D eigenvalue weighted by Crippen LogP contribution is -2.46. The van der Waals surface area contributed by atoms with Crippen molar-refractivity contribution in [3.05, 3.63) is 0 Å². The smallest absolute Gasteiger partial charge is 0.224 e. The van der Waals surface area contributed by atoms with Gasteiger partial charge in [0.25, 0.3) is 0 Å². The first kappa shape index (κ1) is 13.0. The Morgan fingerprint density at radius 2 is 2.19 bits per heavy atom. The number of hydrogen-bond acceptors (Lipinski definition) is 3. The molecule has 0 aromatic rings. The highest BCUT2D eigenvalue weighted by Crippen LogP contribution is 2.14. The van der Waals surface area contributed by atoms with Gasteiger partial charge in [0, 0.05) is 13.1 Å². The van der Waals surface area contributed by atoms with Crippen molar-refractivity contribution in [2.24, 2.45) is 17.1 Å². The molecule has 5 nitrogen and oxygen atoms in total. The molecule has 0 aromatic carbocycles. The van der Waals surface area contributed by atoms with Crippen LogP contribution in [0.5, 0.6) is 0 Å². The van der Waals surface area contributed by atoms with E-state index in [2.05, 4.69) is 10.6 Å². The average molecular weight is 227 g/mol. The summed E-state index contributed by atoms with van der Waals surface area (Å²) in [6.07, 6.45) is 1.94. The molecule has 1 rings (SSSR count). The first-order valence-electron chi connectivity index (χ1n) is 5.72. The van der Waals surface area contributed by atoms with E-state index in [4.69, 9.17) is 5.73 Å². The molecule has 0 bridgehead atoms. The molecular weight excluding hydrogens is 206 g/mol. The van der Waals surface area contributed by atoms with E-state index in [1.165, 1.54) is 0 Å². The Kier molecular flexibility index (Phi) is 4.29. The summed E-state index contributed by atoms with van der Waals surface area (Å²) in [6, 6.07) is 0. The summed E-state index contributed by atoms with van der Waals surface area (Å²) < 4.78 is 0. The van der Waals surface area contributed by atoms with Crippen LogP contribution in [0.2, 0.25) is 0 Å². The minimum Gasteiger partial charge on any atom is -0.369 e. The lowest BCUT2D eigenvalue weighted by Gasteiger charge is -2.25. The van der Waals surface area contributed by atoms with Gasteiger partial charge in [-0.1, -0.05) is 0 Å². The van der Waals surface area contributed by atoms with Crippen LogP contribution < -0.4 is 16.4 Å². The second-order valence-electron chi connectivity index (χ2n) is 5.01. The van der Waals surface area contributed by atoms with Gasteiger partial charge < -0.3 is 16.4 Å². The van der Waals surface area contributed by atoms with Crippen LogP contribution in [0.1, 0.15) is 26.7 Å². The Bertz CT molecular complexity index is 270. The molecule has 1 aliphatic rings. The van der Waals surface area contributed by atoms with Crippen molar-refractivity contribution >= 4 is 11.8 Å². The number of nitrogens with one attached hydrogen (secondary N) is 2. The Morgan fingerprint density at radius 3 is 2.69 bits per heavy atom. The highest BCUT2D eigenvalue weighted by molar-refractivity contribution is 5.83. The van der Waals surface area contributed by atoms with Crippen LogP contribution in [-0.4, -0.2) is 31.4 Å². The summed E-state index contributed by atoms with van der Waals surface area (Å²) in [6.45, 7) is 5.47. The molecule has 4 N–H and O–H groups in total. The topological polar surface area (TPSA) is 84.2 Å². The quantitative estimate of drug-likeness (QED) is 0.612. The molecule has 1 heterocycles. The molecule has 0 aliphatic carbocycles. The van der Waals surface area contributed by atoms with Crippen molar-refractivity contribution in [2.45, 2.75) is 26.7 Å². The zero-order valence-electron chi connectivity index (χ0n) is 10.0. The van der Waals surface area contributed by atoms with Gasteiger partial charge in [0.05, 0.1) is 11.3 Å². The summed E-state index contributed by atoms with van der Waals surface area (Å²) >= 11 is 0. The minimum absolute atomic E-state index is 0.0153. The van der Waals surface area contributed by atoms with E-state index in [1.807, 2.05) is 0 Å². The van der Waals surface area contributed by atoms with Crippen molar-refractivity contribution in [3.8, 4) is 0 Å². The average Bonchev–Trinajstić information content (AvgIpc) is 2.27. The number of primary amides is 1. The fourth-order valence-electron chi connectivity index (χ4n) is 1.62. The van der Waals surface area contributed by atoms with Crippen LogP contribution in [0.25, 0.3) is 0 Å². The van der Waals surface area contributed by atoms with Crippen LogP contribution in [0, 0.1) is 11.3 Å². The van der Waals surface area contributed by atoms with Gasteiger partial charge in [-0.05, 0) is 33.2 Å². The second-order valence-corrected chi connectivity index (χ2v) is 5.01.